The van der Waals surface area contributed by atoms with Crippen molar-refractivity contribution >= 4 is 29.1 Å². The highest BCUT2D eigenvalue weighted by Crippen LogP contribution is 2.38. The van der Waals surface area contributed by atoms with E-state index in [4.69, 9.17) is 5.11 Å². The van der Waals surface area contributed by atoms with Crippen LogP contribution in [-0.2, 0) is 16.7 Å². The van der Waals surface area contributed by atoms with Gasteiger partial charge in [0.1, 0.15) is 11.0 Å². The molecule has 1 fully saturated rings. The molecule has 4 rings (SSSR count). The van der Waals surface area contributed by atoms with Gasteiger partial charge in [0.15, 0.2) is 0 Å². The molecule has 2 aliphatic rings. The van der Waals surface area contributed by atoms with Gasteiger partial charge in [-0.25, -0.2) is 4.98 Å². The lowest BCUT2D eigenvalue weighted by atomic mass is 9.77. The number of rotatable bonds is 6. The number of hydrogen-bond donors (Lipinski definition) is 2. The van der Waals surface area contributed by atoms with Gasteiger partial charge in [0.05, 0.1) is 24.2 Å². The summed E-state index contributed by atoms with van der Waals surface area (Å²) in [5.74, 6) is -0.182. The van der Waals surface area contributed by atoms with Gasteiger partial charge in [0.2, 0.25) is 0 Å². The van der Waals surface area contributed by atoms with Crippen LogP contribution in [0.4, 0.5) is 13.2 Å². The smallest absolute Gasteiger partial charge is 0.416 e. The minimum absolute atomic E-state index is 0.0314. The molecule has 0 radical (unpaired) electrons. The van der Waals surface area contributed by atoms with E-state index in [1.54, 1.807) is 11.8 Å². The van der Waals surface area contributed by atoms with Crippen molar-refractivity contribution in [3.05, 3.63) is 68.7 Å². The second-order valence-corrected chi connectivity index (χ2v) is 10.4. The van der Waals surface area contributed by atoms with Crippen LogP contribution in [0.25, 0.3) is 10.6 Å². The molecule has 2 aromatic rings. The maximum atomic E-state index is 12.8. The fourth-order valence-electron chi connectivity index (χ4n) is 4.31. The van der Waals surface area contributed by atoms with E-state index in [1.807, 2.05) is 19.1 Å². The van der Waals surface area contributed by atoms with Crippen molar-refractivity contribution < 1.29 is 28.1 Å². The average molecular weight is 497 g/mol. The van der Waals surface area contributed by atoms with Crippen molar-refractivity contribution in [1.82, 2.24) is 4.98 Å². The number of thiazole rings is 1. The first-order valence-electron chi connectivity index (χ1n) is 10.5. The fourth-order valence-corrected chi connectivity index (χ4v) is 6.54. The molecule has 5 nitrogen and oxygen atoms in total. The minimum Gasteiger partial charge on any atom is -0.634 e. The van der Waals surface area contributed by atoms with Gasteiger partial charge in [0.25, 0.3) is 0 Å². The zero-order valence-corrected chi connectivity index (χ0v) is 19.4. The Bertz CT molecular complexity index is 1080. The first-order valence-corrected chi connectivity index (χ1v) is 12.3. The largest absolute Gasteiger partial charge is 0.634 e. The zero-order valence-electron chi connectivity index (χ0n) is 17.8. The third-order valence-corrected chi connectivity index (χ3v) is 8.50. The van der Waals surface area contributed by atoms with Crippen LogP contribution in [-0.4, -0.2) is 28.6 Å². The van der Waals surface area contributed by atoms with Crippen molar-refractivity contribution in [3.8, 4) is 10.6 Å². The number of aromatic nitrogens is 1. The molecule has 2 N–H and O–H groups in total. The number of allylic oxidation sites excluding steroid dienone is 2. The molecule has 2 heterocycles. The lowest BCUT2D eigenvalue weighted by Crippen LogP contribution is -3.13. The molecule has 33 heavy (non-hydrogen) atoms. The predicted molar refractivity (Wildman–Crippen MR) is 123 cm³/mol. The second kappa shape index (κ2) is 9.61. The maximum Gasteiger partial charge on any atom is 0.416 e. The number of fused-ring (bicyclic) bond motifs is 1. The number of carboxylic acids is 1. The Labute approximate surface area is 197 Å². The first-order chi connectivity index (χ1) is 15.6. The van der Waals surface area contributed by atoms with Gasteiger partial charge >= 0.3 is 12.1 Å². The van der Waals surface area contributed by atoms with E-state index in [-0.39, 0.29) is 23.3 Å². The highest BCUT2D eigenvalue weighted by molar-refractivity contribution is 8.02. The standard InChI is InChI=1S/C23H23F3N2O3S2/c1-13-20(33-22(27-13)14-2-4-16(5-3-14)23(24,25)26)12-32-17-6-7-18-15(10-17)8-9-28(31)19(18)11-21(29)30/h2-7,10,15,18-19,28H,8-9,11-12H2,1H3,(H,29,30). The molecule has 4 unspecified atom stereocenters. The molecule has 10 heteroatoms. The van der Waals surface area contributed by atoms with Crippen molar-refractivity contribution in [2.45, 2.75) is 37.7 Å². The van der Waals surface area contributed by atoms with Gasteiger partial charge in [-0.3, -0.25) is 4.79 Å². The van der Waals surface area contributed by atoms with Crippen LogP contribution in [0, 0.1) is 24.0 Å². The zero-order chi connectivity index (χ0) is 23.8. The lowest BCUT2D eigenvalue weighted by Gasteiger charge is -2.43. The minimum atomic E-state index is -4.36. The molecule has 1 aliphatic heterocycles. The topological polar surface area (TPSA) is 77.7 Å². The third-order valence-electron chi connectivity index (χ3n) is 6.07. The van der Waals surface area contributed by atoms with E-state index in [9.17, 15) is 23.2 Å². The van der Waals surface area contributed by atoms with E-state index < -0.39 is 23.8 Å². The number of piperidine rings is 1. The van der Waals surface area contributed by atoms with Gasteiger partial charge < -0.3 is 15.4 Å². The van der Waals surface area contributed by atoms with Crippen LogP contribution in [0.15, 0.2) is 47.4 Å². The molecular formula is C23H23F3N2O3S2. The number of aryl methyl sites for hydroxylation is 1. The van der Waals surface area contributed by atoms with Gasteiger partial charge in [0, 0.05) is 33.4 Å². The van der Waals surface area contributed by atoms with Gasteiger partial charge in [-0.2, -0.15) is 13.2 Å². The predicted octanol–water partition coefficient (Wildman–Crippen LogP) is 4.69. The third kappa shape index (κ3) is 5.51. The molecule has 1 aliphatic carbocycles. The molecule has 1 aromatic heterocycles. The number of quaternary nitrogens is 1. The average Bonchev–Trinajstić information content (AvgIpc) is 3.14. The molecule has 0 saturated carbocycles. The van der Waals surface area contributed by atoms with E-state index in [0.29, 0.717) is 22.9 Å². The van der Waals surface area contributed by atoms with Crippen LogP contribution in [0.3, 0.4) is 0 Å². The van der Waals surface area contributed by atoms with E-state index in [2.05, 4.69) is 11.1 Å². The molecule has 4 atom stereocenters. The summed E-state index contributed by atoms with van der Waals surface area (Å²) in [6.45, 7) is 2.30. The number of carboxylic acid groups (broad SMARTS) is 1. The van der Waals surface area contributed by atoms with E-state index >= 15 is 0 Å². The van der Waals surface area contributed by atoms with Gasteiger partial charge in [-0.15, -0.1) is 23.1 Å². The maximum absolute atomic E-state index is 12.8. The molecule has 0 amide bonds. The summed E-state index contributed by atoms with van der Waals surface area (Å²) in [5, 5.41) is 22.1. The van der Waals surface area contributed by atoms with Crippen LogP contribution in [0.5, 0.6) is 0 Å². The number of carbonyl (C=O) groups is 1. The summed E-state index contributed by atoms with van der Waals surface area (Å²) in [5.41, 5.74) is 0.827. The van der Waals surface area contributed by atoms with Gasteiger partial charge in [-0.05, 0) is 25.0 Å². The van der Waals surface area contributed by atoms with Crippen molar-refractivity contribution in [1.29, 1.82) is 0 Å². The number of alkyl halides is 3. The van der Waals surface area contributed by atoms with E-state index in [1.165, 1.54) is 23.5 Å². The number of nitrogens with one attached hydrogen (secondary N) is 1. The second-order valence-electron chi connectivity index (χ2n) is 8.27. The first kappa shape index (κ1) is 24.0. The summed E-state index contributed by atoms with van der Waals surface area (Å²) >= 11 is 3.12. The molecular weight excluding hydrogens is 473 g/mol. The Balaban J connectivity index is 1.42. The van der Waals surface area contributed by atoms with E-state index in [0.717, 1.165) is 34.0 Å². The van der Waals surface area contributed by atoms with Crippen LogP contribution >= 0.6 is 23.1 Å². The number of thioether (sulfide) groups is 1. The Morgan fingerprint density at radius 2 is 2.06 bits per heavy atom. The highest BCUT2D eigenvalue weighted by Gasteiger charge is 2.38. The quantitative estimate of drug-likeness (QED) is 0.568. The van der Waals surface area contributed by atoms with Crippen LogP contribution in [0.2, 0.25) is 0 Å². The number of aliphatic carboxylic acids is 1. The Hall–Kier alpha value is -2.14. The molecule has 0 spiro atoms. The summed E-state index contributed by atoms with van der Waals surface area (Å²) < 4.78 is 38.4. The lowest BCUT2D eigenvalue weighted by molar-refractivity contribution is -0.885. The van der Waals surface area contributed by atoms with Crippen LogP contribution in [0.1, 0.15) is 29.0 Å². The summed E-state index contributed by atoms with van der Waals surface area (Å²) in [6.07, 6.45) is 2.32. The van der Waals surface area contributed by atoms with Crippen molar-refractivity contribution in [2.75, 3.05) is 6.54 Å². The summed E-state index contributed by atoms with van der Waals surface area (Å²) in [6, 6.07) is 4.57. The highest BCUT2D eigenvalue weighted by atomic mass is 32.2. The molecule has 176 valence electrons. The van der Waals surface area contributed by atoms with Crippen molar-refractivity contribution in [2.24, 2.45) is 11.8 Å². The summed E-state index contributed by atoms with van der Waals surface area (Å²) in [7, 11) is 0. The van der Waals surface area contributed by atoms with Crippen LogP contribution < -0.4 is 5.06 Å². The normalized spacial score (nSPS) is 24.9. The number of nitrogens with zero attached hydrogens (tertiary/aromatic N) is 1. The molecule has 0 bridgehead atoms. The number of hydroxylamine groups is 2. The number of benzene rings is 1. The Morgan fingerprint density at radius 1 is 1.33 bits per heavy atom. The Kier molecular flexibility index (Phi) is 6.99. The molecule has 1 saturated heterocycles. The van der Waals surface area contributed by atoms with Gasteiger partial charge in [-0.1, -0.05) is 30.4 Å². The van der Waals surface area contributed by atoms with Crippen molar-refractivity contribution in [3.63, 3.8) is 0 Å². The summed E-state index contributed by atoms with van der Waals surface area (Å²) in [4.78, 5) is 17.8. The number of hydrogen-bond acceptors (Lipinski definition) is 5. The molecule has 1 aromatic carbocycles. The monoisotopic (exact) mass is 496 g/mol. The Morgan fingerprint density at radius 3 is 2.73 bits per heavy atom. The number of halogens is 3. The SMILES string of the molecule is Cc1nc(-c2ccc(C(F)(F)F)cc2)sc1CSC1=CC2CC[NH+]([O-])C(CC(=O)O)C2C=C1. The fraction of sp³-hybridized carbons (Fsp3) is 0.391.